The van der Waals surface area contributed by atoms with Crippen LogP contribution < -0.4 is 5.48 Å². The van der Waals surface area contributed by atoms with Gasteiger partial charge < -0.3 is 5.11 Å². The third kappa shape index (κ3) is 6.40. The molecule has 120 valence electrons. The molecule has 8 nitrogen and oxygen atoms in total. The highest BCUT2D eigenvalue weighted by atomic mass is 32.2. The third-order valence-electron chi connectivity index (χ3n) is 2.45. The lowest BCUT2D eigenvalue weighted by Gasteiger charge is -2.10. The zero-order chi connectivity index (χ0) is 15.9. The number of sulfone groups is 1. The highest BCUT2D eigenvalue weighted by Crippen LogP contribution is 2.20. The maximum absolute atomic E-state index is 11.3. The molecule has 21 heavy (non-hydrogen) atoms. The first-order valence-electron chi connectivity index (χ1n) is 6.02. The number of aliphatic hydroxyl groups is 1. The minimum atomic E-state index is -4.37. The number of benzene rings is 1. The number of nitrogens with one attached hydrogen (secondary N) is 1. The summed E-state index contributed by atoms with van der Waals surface area (Å²) < 4.78 is 53.8. The maximum atomic E-state index is 11.3. The highest BCUT2D eigenvalue weighted by Gasteiger charge is 2.14. The summed E-state index contributed by atoms with van der Waals surface area (Å²) in [5.74, 6) is -0.443. The van der Waals surface area contributed by atoms with E-state index < -0.39 is 26.6 Å². The summed E-state index contributed by atoms with van der Waals surface area (Å²) in [7, 11) is -7.67. The van der Waals surface area contributed by atoms with E-state index in [0.29, 0.717) is 0 Å². The molecule has 0 heterocycles. The molecule has 1 rings (SSSR count). The van der Waals surface area contributed by atoms with E-state index in [1.165, 1.54) is 18.2 Å². The molecule has 0 aliphatic rings. The largest absolute Gasteiger partial charge is 0.395 e. The van der Waals surface area contributed by atoms with Crippen LogP contribution in [0.1, 0.15) is 6.42 Å². The van der Waals surface area contributed by atoms with Crippen molar-refractivity contribution in [2.24, 2.45) is 0 Å². The fourth-order valence-corrected chi connectivity index (χ4v) is 3.17. The van der Waals surface area contributed by atoms with Crippen molar-refractivity contribution in [1.29, 1.82) is 0 Å². The van der Waals surface area contributed by atoms with Crippen LogP contribution in [0.4, 0.5) is 5.69 Å². The summed E-state index contributed by atoms with van der Waals surface area (Å²) in [6.45, 7) is -0.409. The normalized spacial score (nSPS) is 12.3. The van der Waals surface area contributed by atoms with Gasteiger partial charge in [0.25, 0.3) is 10.1 Å². The minimum Gasteiger partial charge on any atom is -0.395 e. The molecular weight excluding hydrogens is 322 g/mol. The van der Waals surface area contributed by atoms with Crippen LogP contribution in [0, 0.1) is 0 Å². The van der Waals surface area contributed by atoms with Crippen molar-refractivity contribution in [3.05, 3.63) is 24.3 Å². The number of aliphatic hydroxyl groups excluding tert-OH is 1. The van der Waals surface area contributed by atoms with Crippen molar-refractivity contribution in [1.82, 2.24) is 0 Å². The topological polar surface area (TPSA) is 130 Å². The molecule has 0 aromatic heterocycles. The molecule has 0 saturated heterocycles. The van der Waals surface area contributed by atoms with Crippen LogP contribution in [0.25, 0.3) is 0 Å². The van der Waals surface area contributed by atoms with Gasteiger partial charge in [-0.2, -0.15) is 8.42 Å². The van der Waals surface area contributed by atoms with Crippen LogP contribution in [0.2, 0.25) is 0 Å². The van der Waals surface area contributed by atoms with E-state index in [9.17, 15) is 16.8 Å². The Bertz CT molecular complexity index is 655. The summed E-state index contributed by atoms with van der Waals surface area (Å²) in [6.07, 6.45) is 0.184. The molecule has 0 bridgehead atoms. The van der Waals surface area contributed by atoms with Crippen molar-refractivity contribution in [2.45, 2.75) is 11.3 Å². The lowest BCUT2D eigenvalue weighted by molar-refractivity contribution is 0.194. The van der Waals surface area contributed by atoms with E-state index in [4.69, 9.17) is 14.5 Å². The van der Waals surface area contributed by atoms with Crippen LogP contribution in [0.3, 0.4) is 0 Å². The van der Waals surface area contributed by atoms with Crippen LogP contribution in [-0.2, 0) is 24.8 Å². The molecule has 0 aliphatic heterocycles. The number of hydrogen-bond acceptors (Lipinski definition) is 7. The van der Waals surface area contributed by atoms with Gasteiger partial charge >= 0.3 is 0 Å². The Labute approximate surface area is 123 Å². The van der Waals surface area contributed by atoms with Gasteiger partial charge in [-0.1, -0.05) is 12.1 Å². The first-order chi connectivity index (χ1) is 9.76. The minimum absolute atomic E-state index is 0.0183. The summed E-state index contributed by atoms with van der Waals surface area (Å²) >= 11 is 0. The molecule has 0 aliphatic carbocycles. The van der Waals surface area contributed by atoms with E-state index in [2.05, 4.69) is 5.48 Å². The van der Waals surface area contributed by atoms with Crippen LogP contribution in [0.15, 0.2) is 29.2 Å². The quantitative estimate of drug-likeness (QED) is 0.327. The van der Waals surface area contributed by atoms with Gasteiger partial charge in [-0.05, 0) is 18.6 Å². The number of hydrogen-bond donors (Lipinski definition) is 3. The van der Waals surface area contributed by atoms with E-state index in [1.54, 1.807) is 6.07 Å². The van der Waals surface area contributed by atoms with Gasteiger partial charge in [0.1, 0.15) is 4.90 Å². The van der Waals surface area contributed by atoms with Gasteiger partial charge in [0, 0.05) is 0 Å². The molecule has 0 amide bonds. The Balaban J connectivity index is 2.48. The predicted octanol–water partition coefficient (Wildman–Crippen LogP) is 0.0740. The predicted molar refractivity (Wildman–Crippen MR) is 76.2 cm³/mol. The molecule has 0 radical (unpaired) electrons. The molecule has 0 saturated carbocycles. The van der Waals surface area contributed by atoms with Gasteiger partial charge in [0.2, 0.25) is 0 Å². The van der Waals surface area contributed by atoms with Crippen LogP contribution >= 0.6 is 0 Å². The monoisotopic (exact) mass is 339 g/mol. The number of para-hydroxylation sites is 1. The third-order valence-corrected chi connectivity index (χ3v) is 5.08. The second-order valence-electron chi connectivity index (χ2n) is 4.15. The van der Waals surface area contributed by atoms with E-state index in [1.807, 2.05) is 0 Å². The molecule has 0 spiro atoms. The summed E-state index contributed by atoms with van der Waals surface area (Å²) in [5, 5.41) is 8.56. The van der Waals surface area contributed by atoms with Gasteiger partial charge in [0.15, 0.2) is 9.84 Å². The first-order valence-corrected chi connectivity index (χ1v) is 9.28. The fourth-order valence-electron chi connectivity index (χ4n) is 1.50. The van der Waals surface area contributed by atoms with Gasteiger partial charge in [-0.3, -0.25) is 14.9 Å². The zero-order valence-electron chi connectivity index (χ0n) is 11.1. The van der Waals surface area contributed by atoms with E-state index >= 15 is 0 Å². The Morgan fingerprint density at radius 1 is 1.10 bits per heavy atom. The van der Waals surface area contributed by atoms with E-state index in [0.717, 1.165) is 0 Å². The molecule has 10 heteroatoms. The zero-order valence-corrected chi connectivity index (χ0v) is 12.7. The van der Waals surface area contributed by atoms with Crippen molar-refractivity contribution >= 4 is 25.6 Å². The Morgan fingerprint density at radius 3 is 2.38 bits per heavy atom. The highest BCUT2D eigenvalue weighted by molar-refractivity contribution is 7.91. The number of rotatable bonds is 9. The van der Waals surface area contributed by atoms with Crippen molar-refractivity contribution < 1.29 is 31.3 Å². The second kappa shape index (κ2) is 7.71. The van der Waals surface area contributed by atoms with Crippen LogP contribution in [-0.4, -0.2) is 51.2 Å². The Hall–Kier alpha value is -1.20. The summed E-state index contributed by atoms with van der Waals surface area (Å²) in [5.41, 5.74) is 2.41. The van der Waals surface area contributed by atoms with E-state index in [-0.39, 0.29) is 35.1 Å². The summed E-state index contributed by atoms with van der Waals surface area (Å²) in [6, 6.07) is 5.58. The molecule has 3 N–H and O–H groups in total. The lowest BCUT2D eigenvalue weighted by atomic mass is 10.3. The average Bonchev–Trinajstić information content (AvgIpc) is 2.37. The molecular formula is C11H17NO7S2. The maximum Gasteiger partial charge on any atom is 0.296 e. The number of anilines is 1. The SMILES string of the molecule is O=S(=O)(CCO)CCCONc1ccccc1S(=O)(=O)O. The standard InChI is InChI=1S/C11H17NO7S2/c13-6-9-20(14,15)8-3-7-19-12-10-4-1-2-5-11(10)21(16,17)18/h1-2,4-5,12-13H,3,6-9H2,(H,16,17,18). The van der Waals surface area contributed by atoms with Gasteiger partial charge in [0.05, 0.1) is 30.4 Å². The molecule has 0 unspecified atom stereocenters. The second-order valence-corrected chi connectivity index (χ2v) is 7.84. The first kappa shape index (κ1) is 17.9. The molecule has 1 aromatic rings. The smallest absolute Gasteiger partial charge is 0.296 e. The lowest BCUT2D eigenvalue weighted by Crippen LogP contribution is -2.16. The van der Waals surface area contributed by atoms with Crippen molar-refractivity contribution in [2.75, 3.05) is 30.2 Å². The Morgan fingerprint density at radius 2 is 1.76 bits per heavy atom. The Kier molecular flexibility index (Phi) is 6.55. The van der Waals surface area contributed by atoms with Gasteiger partial charge in [-0.25, -0.2) is 8.42 Å². The average molecular weight is 339 g/mol. The molecule has 0 atom stereocenters. The molecule has 1 aromatic carbocycles. The van der Waals surface area contributed by atoms with Crippen molar-refractivity contribution in [3.8, 4) is 0 Å². The van der Waals surface area contributed by atoms with Crippen molar-refractivity contribution in [3.63, 3.8) is 0 Å². The van der Waals surface area contributed by atoms with Gasteiger partial charge in [-0.15, -0.1) is 0 Å². The fraction of sp³-hybridized carbons (Fsp3) is 0.455. The summed E-state index contributed by atoms with van der Waals surface area (Å²) in [4.78, 5) is 4.64. The molecule has 0 fully saturated rings. The van der Waals surface area contributed by atoms with Crippen LogP contribution in [0.5, 0.6) is 0 Å².